The van der Waals surface area contributed by atoms with Crippen LogP contribution in [0.5, 0.6) is 11.5 Å². The first-order valence-corrected chi connectivity index (χ1v) is 14.5. The van der Waals surface area contributed by atoms with Crippen molar-refractivity contribution in [2.75, 3.05) is 29.4 Å². The number of amides is 2. The summed E-state index contributed by atoms with van der Waals surface area (Å²) in [5.74, 6) is -0.132. The van der Waals surface area contributed by atoms with Gasteiger partial charge < -0.3 is 14.8 Å². The van der Waals surface area contributed by atoms with E-state index in [9.17, 15) is 18.0 Å². The van der Waals surface area contributed by atoms with Gasteiger partial charge in [0, 0.05) is 5.69 Å². The number of carbonyl (C=O) groups excluding carboxylic acids is 2. The van der Waals surface area contributed by atoms with Gasteiger partial charge in [-0.1, -0.05) is 48.5 Å². The number of nitrogens with one attached hydrogen (secondary N) is 2. The number of hydrazone groups is 1. The minimum atomic E-state index is -4.10. The first kappa shape index (κ1) is 29.8. The van der Waals surface area contributed by atoms with Crippen LogP contribution in [0.3, 0.4) is 0 Å². The van der Waals surface area contributed by atoms with Crippen molar-refractivity contribution in [3.05, 3.63) is 115 Å². The molecule has 0 spiro atoms. The van der Waals surface area contributed by atoms with Gasteiger partial charge in [-0.05, 0) is 73.2 Å². The van der Waals surface area contributed by atoms with Crippen LogP contribution in [0.2, 0.25) is 0 Å². The number of ether oxygens (including phenoxy) is 2. The van der Waals surface area contributed by atoms with Crippen LogP contribution in [-0.2, 0) is 19.6 Å². The van der Waals surface area contributed by atoms with Gasteiger partial charge >= 0.3 is 0 Å². The molecule has 2 amide bonds. The number of sulfonamides is 1. The summed E-state index contributed by atoms with van der Waals surface area (Å²) in [6.45, 7) is 1.41. The van der Waals surface area contributed by atoms with E-state index in [-0.39, 0.29) is 23.1 Å². The molecule has 0 radical (unpaired) electrons. The average molecular weight is 587 g/mol. The van der Waals surface area contributed by atoms with Gasteiger partial charge in [0.15, 0.2) is 6.61 Å². The van der Waals surface area contributed by atoms with E-state index >= 15 is 0 Å². The van der Waals surface area contributed by atoms with E-state index in [1.54, 1.807) is 85.8 Å². The molecule has 0 fully saturated rings. The predicted octanol–water partition coefficient (Wildman–Crippen LogP) is 4.45. The van der Waals surface area contributed by atoms with E-state index in [2.05, 4.69) is 15.8 Å². The molecule has 0 heterocycles. The van der Waals surface area contributed by atoms with Crippen molar-refractivity contribution in [3.63, 3.8) is 0 Å². The lowest BCUT2D eigenvalue weighted by Crippen LogP contribution is -2.39. The monoisotopic (exact) mass is 586 g/mol. The average Bonchev–Trinajstić information content (AvgIpc) is 3.01. The molecule has 4 aromatic rings. The lowest BCUT2D eigenvalue weighted by molar-refractivity contribution is -0.119. The number of carbonyl (C=O) groups is 2. The van der Waals surface area contributed by atoms with Crippen LogP contribution in [0.25, 0.3) is 0 Å². The van der Waals surface area contributed by atoms with Crippen LogP contribution in [0.1, 0.15) is 12.5 Å². The summed E-state index contributed by atoms with van der Waals surface area (Å²) < 4.78 is 39.3. The van der Waals surface area contributed by atoms with Gasteiger partial charge in [0.2, 0.25) is 0 Å². The normalized spacial score (nSPS) is 11.1. The molecule has 42 heavy (non-hydrogen) atoms. The predicted molar refractivity (Wildman–Crippen MR) is 161 cm³/mol. The first-order valence-electron chi connectivity index (χ1n) is 13.1. The maximum absolute atomic E-state index is 13.6. The maximum Gasteiger partial charge on any atom is 0.264 e. The van der Waals surface area contributed by atoms with E-state index in [1.165, 1.54) is 18.3 Å². The Balaban J connectivity index is 1.38. The highest BCUT2D eigenvalue weighted by Crippen LogP contribution is 2.32. The number of benzene rings is 4. The number of nitrogens with zero attached hydrogens (tertiary/aromatic N) is 2. The Labute approximate surface area is 244 Å². The van der Waals surface area contributed by atoms with Crippen molar-refractivity contribution in [1.82, 2.24) is 5.43 Å². The van der Waals surface area contributed by atoms with E-state index < -0.39 is 22.5 Å². The van der Waals surface area contributed by atoms with Crippen molar-refractivity contribution < 1.29 is 27.5 Å². The zero-order chi connectivity index (χ0) is 29.8. The summed E-state index contributed by atoms with van der Waals surface area (Å²) in [6.07, 6.45) is 1.41. The van der Waals surface area contributed by atoms with Gasteiger partial charge in [0.05, 0.1) is 23.4 Å². The van der Waals surface area contributed by atoms with Crippen molar-refractivity contribution in [3.8, 4) is 11.5 Å². The van der Waals surface area contributed by atoms with Crippen molar-refractivity contribution >= 4 is 39.4 Å². The first-order chi connectivity index (χ1) is 20.4. The third-order valence-corrected chi connectivity index (χ3v) is 7.54. The van der Waals surface area contributed by atoms with Gasteiger partial charge in [-0.3, -0.25) is 13.9 Å². The highest BCUT2D eigenvalue weighted by molar-refractivity contribution is 7.92. The molecule has 0 aliphatic carbocycles. The van der Waals surface area contributed by atoms with Crippen molar-refractivity contribution in [1.29, 1.82) is 0 Å². The van der Waals surface area contributed by atoms with E-state index in [0.29, 0.717) is 29.4 Å². The molecular weight excluding hydrogens is 556 g/mol. The van der Waals surface area contributed by atoms with Crippen LogP contribution < -0.4 is 24.5 Å². The van der Waals surface area contributed by atoms with Crippen LogP contribution in [-0.4, -0.2) is 46.2 Å². The smallest absolute Gasteiger partial charge is 0.264 e. The van der Waals surface area contributed by atoms with Gasteiger partial charge in [-0.25, -0.2) is 13.8 Å². The molecule has 2 N–H and O–H groups in total. The van der Waals surface area contributed by atoms with Crippen LogP contribution in [0.15, 0.2) is 119 Å². The maximum atomic E-state index is 13.6. The lowest BCUT2D eigenvalue weighted by Gasteiger charge is -2.25. The Kier molecular flexibility index (Phi) is 10.3. The summed E-state index contributed by atoms with van der Waals surface area (Å²) in [6, 6.07) is 30.3. The Morgan fingerprint density at radius 1 is 0.810 bits per heavy atom. The molecule has 4 aromatic carbocycles. The largest absolute Gasteiger partial charge is 0.492 e. The zero-order valence-corrected chi connectivity index (χ0v) is 23.7. The molecule has 0 saturated carbocycles. The second-order valence-electron chi connectivity index (χ2n) is 8.79. The molecule has 0 atom stereocenters. The Morgan fingerprint density at radius 3 is 2.14 bits per heavy atom. The number of hydrogen-bond donors (Lipinski definition) is 2. The summed E-state index contributed by atoms with van der Waals surface area (Å²) in [4.78, 5) is 25.0. The van der Waals surface area contributed by atoms with Crippen LogP contribution in [0, 0.1) is 0 Å². The molecule has 11 heteroatoms. The van der Waals surface area contributed by atoms with Gasteiger partial charge in [-0.2, -0.15) is 5.10 Å². The highest BCUT2D eigenvalue weighted by atomic mass is 32.2. The third-order valence-electron chi connectivity index (χ3n) is 5.76. The number of anilines is 2. The van der Waals surface area contributed by atoms with Gasteiger partial charge in [0.25, 0.3) is 21.8 Å². The fraction of sp³-hybridized carbons (Fsp3) is 0.129. The quantitative estimate of drug-likeness (QED) is 0.176. The van der Waals surface area contributed by atoms with Crippen molar-refractivity contribution in [2.24, 2.45) is 5.10 Å². The number of para-hydroxylation sites is 3. The summed E-state index contributed by atoms with van der Waals surface area (Å²) >= 11 is 0. The highest BCUT2D eigenvalue weighted by Gasteiger charge is 2.29. The Bertz CT molecular complexity index is 1610. The molecule has 0 aliphatic heterocycles. The topological polar surface area (TPSA) is 126 Å². The standard InChI is InChI=1S/C31H30N4O6S/c1-2-40-29-16-10-9-15-28(29)35(42(38,39)27-13-7-4-8-14-27)22-30(36)34-32-21-24-17-19-26(20-18-24)41-23-31(37)33-25-11-5-3-6-12-25/h3-21H,2,22-23H2,1H3,(H,33,37)(H,34,36)/b32-21-. The molecule has 10 nitrogen and oxygen atoms in total. The molecular formula is C31H30N4O6S. The fourth-order valence-electron chi connectivity index (χ4n) is 3.82. The van der Waals surface area contributed by atoms with E-state index in [0.717, 1.165) is 4.31 Å². The van der Waals surface area contributed by atoms with Crippen molar-refractivity contribution in [2.45, 2.75) is 11.8 Å². The minimum absolute atomic E-state index is 0.0347. The minimum Gasteiger partial charge on any atom is -0.492 e. The lowest BCUT2D eigenvalue weighted by atomic mass is 10.2. The second kappa shape index (κ2) is 14.5. The Morgan fingerprint density at radius 2 is 1.45 bits per heavy atom. The molecule has 4 rings (SSSR count). The number of rotatable bonds is 13. The van der Waals surface area contributed by atoms with Crippen LogP contribution in [0.4, 0.5) is 11.4 Å². The third kappa shape index (κ3) is 8.18. The van der Waals surface area contributed by atoms with E-state index in [1.807, 2.05) is 18.2 Å². The molecule has 216 valence electrons. The fourth-order valence-corrected chi connectivity index (χ4v) is 5.27. The summed E-state index contributed by atoms with van der Waals surface area (Å²) in [7, 11) is -4.10. The molecule has 0 bridgehead atoms. The van der Waals surface area contributed by atoms with Crippen LogP contribution >= 0.6 is 0 Å². The molecule has 0 aliphatic rings. The molecule has 0 saturated heterocycles. The zero-order valence-electron chi connectivity index (χ0n) is 22.8. The van der Waals surface area contributed by atoms with E-state index in [4.69, 9.17) is 9.47 Å². The number of hydrogen-bond acceptors (Lipinski definition) is 7. The molecule has 0 aromatic heterocycles. The Hall–Kier alpha value is -5.16. The summed E-state index contributed by atoms with van der Waals surface area (Å²) in [5, 5.41) is 6.71. The van der Waals surface area contributed by atoms with Gasteiger partial charge in [0.1, 0.15) is 18.0 Å². The van der Waals surface area contributed by atoms with Gasteiger partial charge in [-0.15, -0.1) is 0 Å². The second-order valence-corrected chi connectivity index (χ2v) is 10.7. The SMILES string of the molecule is CCOc1ccccc1N(CC(=O)N/N=C\c1ccc(OCC(=O)Nc2ccccc2)cc1)S(=O)(=O)c1ccccc1. The molecule has 0 unspecified atom stereocenters. The summed E-state index contributed by atoms with van der Waals surface area (Å²) in [5.41, 5.74) is 3.94.